The third kappa shape index (κ3) is 4.31. The number of hydrogen-bond acceptors (Lipinski definition) is 3. The molecule has 0 bridgehead atoms. The van der Waals surface area contributed by atoms with E-state index in [4.69, 9.17) is 0 Å². The summed E-state index contributed by atoms with van der Waals surface area (Å²) in [5.41, 5.74) is 4.86. The lowest BCUT2D eigenvalue weighted by molar-refractivity contribution is -0.112. The molecule has 3 aromatic rings. The molecule has 1 amide bonds. The topological polar surface area (TPSA) is 95.1 Å². The highest BCUT2D eigenvalue weighted by atomic mass is 16.4. The molecule has 0 unspecified atom stereocenters. The average Bonchev–Trinajstić information content (AvgIpc) is 2.99. The Morgan fingerprint density at radius 1 is 1.07 bits per heavy atom. The molecule has 0 fully saturated rings. The molecular weight excluding hydrogens is 378 g/mol. The average molecular weight is 399 g/mol. The first kappa shape index (κ1) is 20.6. The summed E-state index contributed by atoms with van der Waals surface area (Å²) in [6, 6.07) is 17.8. The molecule has 1 aromatic heterocycles. The molecule has 6 heteroatoms. The fraction of sp³-hybridized carbons (Fsp3) is 0.125. The molecule has 6 nitrogen and oxygen atoms in total. The number of nitrogens with one attached hydrogen (secondary N) is 1. The summed E-state index contributed by atoms with van der Waals surface area (Å²) in [6.07, 6.45) is 1.55. The van der Waals surface area contributed by atoms with E-state index in [1.807, 2.05) is 61.7 Å². The van der Waals surface area contributed by atoms with E-state index in [1.165, 1.54) is 6.07 Å². The Morgan fingerprint density at radius 2 is 1.80 bits per heavy atom. The van der Waals surface area contributed by atoms with Crippen LogP contribution in [0.5, 0.6) is 0 Å². The van der Waals surface area contributed by atoms with Crippen molar-refractivity contribution in [3.63, 3.8) is 0 Å². The van der Waals surface area contributed by atoms with Gasteiger partial charge < -0.3 is 15.0 Å². The zero-order valence-corrected chi connectivity index (χ0v) is 16.9. The first-order chi connectivity index (χ1) is 14.3. The molecule has 0 radical (unpaired) electrons. The molecule has 150 valence electrons. The highest BCUT2D eigenvalue weighted by Gasteiger charge is 2.15. The minimum Gasteiger partial charge on any atom is -0.478 e. The summed E-state index contributed by atoms with van der Waals surface area (Å²) >= 11 is 0. The predicted molar refractivity (Wildman–Crippen MR) is 116 cm³/mol. The lowest BCUT2D eigenvalue weighted by Crippen LogP contribution is -2.13. The van der Waals surface area contributed by atoms with Crippen LogP contribution in [0, 0.1) is 32.1 Å². The van der Waals surface area contributed by atoms with E-state index < -0.39 is 11.9 Å². The van der Waals surface area contributed by atoms with E-state index in [0.717, 1.165) is 17.0 Å². The van der Waals surface area contributed by atoms with Crippen LogP contribution in [0.4, 0.5) is 5.69 Å². The minimum absolute atomic E-state index is 0.0176. The van der Waals surface area contributed by atoms with E-state index in [1.54, 1.807) is 24.3 Å². The van der Waals surface area contributed by atoms with Gasteiger partial charge in [-0.3, -0.25) is 4.79 Å². The Labute approximate surface area is 174 Å². The molecule has 2 N–H and O–H groups in total. The van der Waals surface area contributed by atoms with Gasteiger partial charge in [-0.2, -0.15) is 5.26 Å². The number of carbonyl (C=O) groups excluding carboxylic acids is 1. The molecule has 30 heavy (non-hydrogen) atoms. The number of aromatic nitrogens is 1. The van der Waals surface area contributed by atoms with E-state index in [0.29, 0.717) is 16.9 Å². The van der Waals surface area contributed by atoms with Crippen LogP contribution in [0.3, 0.4) is 0 Å². The Hall–Kier alpha value is -4.11. The zero-order valence-electron chi connectivity index (χ0n) is 16.9. The van der Waals surface area contributed by atoms with Gasteiger partial charge >= 0.3 is 5.97 Å². The molecule has 3 rings (SSSR count). The Bertz CT molecular complexity index is 1210. The van der Waals surface area contributed by atoms with Crippen LogP contribution in [0.2, 0.25) is 0 Å². The highest BCUT2D eigenvalue weighted by molar-refractivity contribution is 6.09. The standard InChI is InChI=1S/C24H21N3O3/c1-15-6-4-8-21(10-15)26-23(28)20(14-25)12-19-11-16(2)27(17(19)3)22-9-5-7-18(13-22)24(29)30/h4-13H,1-3H3,(H,26,28)(H,29,30). The second kappa shape index (κ2) is 8.50. The van der Waals surface area contributed by atoms with E-state index in [2.05, 4.69) is 5.32 Å². The quantitative estimate of drug-likeness (QED) is 0.482. The number of carbonyl (C=O) groups is 2. The Morgan fingerprint density at radius 3 is 2.47 bits per heavy atom. The number of anilines is 1. The third-order valence-corrected chi connectivity index (χ3v) is 4.76. The number of rotatable bonds is 5. The molecule has 0 saturated carbocycles. The molecule has 0 aliphatic carbocycles. The summed E-state index contributed by atoms with van der Waals surface area (Å²) in [5, 5.41) is 21.5. The van der Waals surface area contributed by atoms with Gasteiger partial charge in [-0.1, -0.05) is 18.2 Å². The maximum Gasteiger partial charge on any atom is 0.335 e. The summed E-state index contributed by atoms with van der Waals surface area (Å²) in [5.74, 6) is -1.49. The molecule has 2 aromatic carbocycles. The number of aryl methyl sites for hydroxylation is 2. The smallest absolute Gasteiger partial charge is 0.335 e. The van der Waals surface area contributed by atoms with Gasteiger partial charge in [0, 0.05) is 22.8 Å². The van der Waals surface area contributed by atoms with Gasteiger partial charge in [-0.15, -0.1) is 0 Å². The van der Waals surface area contributed by atoms with Crippen molar-refractivity contribution in [3.8, 4) is 11.8 Å². The SMILES string of the molecule is Cc1cccc(NC(=O)C(C#N)=Cc2cc(C)n(-c3cccc(C(=O)O)c3)c2C)c1. The summed E-state index contributed by atoms with van der Waals surface area (Å²) in [4.78, 5) is 23.9. The first-order valence-corrected chi connectivity index (χ1v) is 9.32. The molecule has 0 spiro atoms. The fourth-order valence-electron chi connectivity index (χ4n) is 3.33. The summed E-state index contributed by atoms with van der Waals surface area (Å²) in [7, 11) is 0. The number of nitrogens with zero attached hydrogens (tertiary/aromatic N) is 2. The number of benzene rings is 2. The molecule has 0 saturated heterocycles. The second-order valence-electron chi connectivity index (χ2n) is 7.01. The van der Waals surface area contributed by atoms with Gasteiger partial charge in [0.1, 0.15) is 11.6 Å². The molecule has 1 heterocycles. The Kier molecular flexibility index (Phi) is 5.84. The van der Waals surface area contributed by atoms with Gasteiger partial charge in [0.05, 0.1) is 5.56 Å². The van der Waals surface area contributed by atoms with Crippen LogP contribution in [0.1, 0.15) is 32.9 Å². The lowest BCUT2D eigenvalue weighted by atomic mass is 10.1. The second-order valence-corrected chi connectivity index (χ2v) is 7.01. The zero-order chi connectivity index (χ0) is 21.8. The fourth-order valence-corrected chi connectivity index (χ4v) is 3.33. The van der Waals surface area contributed by atoms with Crippen molar-refractivity contribution >= 4 is 23.6 Å². The van der Waals surface area contributed by atoms with Crippen LogP contribution in [-0.4, -0.2) is 21.6 Å². The molecule has 0 atom stereocenters. The van der Waals surface area contributed by atoms with Crippen molar-refractivity contribution in [1.82, 2.24) is 4.57 Å². The molecule has 0 aliphatic rings. The van der Waals surface area contributed by atoms with Crippen molar-refractivity contribution in [2.75, 3.05) is 5.32 Å². The minimum atomic E-state index is -1.00. The van der Waals surface area contributed by atoms with E-state index in [9.17, 15) is 20.0 Å². The van der Waals surface area contributed by atoms with Crippen molar-refractivity contribution in [1.29, 1.82) is 5.26 Å². The maximum atomic E-state index is 12.6. The Balaban J connectivity index is 1.96. The predicted octanol–water partition coefficient (Wildman–Crippen LogP) is 4.65. The van der Waals surface area contributed by atoms with Crippen molar-refractivity contribution in [3.05, 3.63) is 88.2 Å². The monoisotopic (exact) mass is 399 g/mol. The third-order valence-electron chi connectivity index (χ3n) is 4.76. The van der Waals surface area contributed by atoms with Gasteiger partial charge in [0.2, 0.25) is 0 Å². The molecular formula is C24H21N3O3. The highest BCUT2D eigenvalue weighted by Crippen LogP contribution is 2.24. The number of carboxylic acids is 1. The van der Waals surface area contributed by atoms with Crippen molar-refractivity contribution in [2.24, 2.45) is 0 Å². The molecule has 0 aliphatic heterocycles. The largest absolute Gasteiger partial charge is 0.478 e. The lowest BCUT2D eigenvalue weighted by Gasteiger charge is -2.10. The number of amides is 1. The number of hydrogen-bond donors (Lipinski definition) is 2. The van der Waals surface area contributed by atoms with Gasteiger partial charge in [-0.25, -0.2) is 4.79 Å². The van der Waals surface area contributed by atoms with E-state index >= 15 is 0 Å². The summed E-state index contributed by atoms with van der Waals surface area (Å²) in [6.45, 7) is 5.67. The first-order valence-electron chi connectivity index (χ1n) is 9.32. The van der Waals surface area contributed by atoms with Crippen LogP contribution < -0.4 is 5.32 Å². The number of carboxylic acid groups (broad SMARTS) is 1. The van der Waals surface area contributed by atoms with Crippen LogP contribution in [0.15, 0.2) is 60.2 Å². The summed E-state index contributed by atoms with van der Waals surface area (Å²) < 4.78 is 1.89. The van der Waals surface area contributed by atoms with Gasteiger partial charge in [0.15, 0.2) is 0 Å². The van der Waals surface area contributed by atoms with Crippen LogP contribution >= 0.6 is 0 Å². The van der Waals surface area contributed by atoms with Gasteiger partial charge in [0.25, 0.3) is 5.91 Å². The maximum absolute atomic E-state index is 12.6. The van der Waals surface area contributed by atoms with Crippen LogP contribution in [-0.2, 0) is 4.79 Å². The number of nitriles is 1. The number of aromatic carboxylic acids is 1. The normalized spacial score (nSPS) is 11.1. The van der Waals surface area contributed by atoms with Gasteiger partial charge in [-0.05, 0) is 74.4 Å². The van der Waals surface area contributed by atoms with E-state index in [-0.39, 0.29) is 11.1 Å². The van der Waals surface area contributed by atoms with Crippen molar-refractivity contribution < 1.29 is 14.7 Å². The van der Waals surface area contributed by atoms with Crippen LogP contribution in [0.25, 0.3) is 11.8 Å². The van der Waals surface area contributed by atoms with Crippen molar-refractivity contribution in [2.45, 2.75) is 20.8 Å².